The van der Waals surface area contributed by atoms with Gasteiger partial charge in [-0.15, -0.1) is 0 Å². The molecule has 22 heavy (non-hydrogen) atoms. The third kappa shape index (κ3) is 3.52. The molecule has 5 heteroatoms. The van der Waals surface area contributed by atoms with E-state index in [1.165, 1.54) is 30.3 Å². The number of carbonyl (C=O) groups is 2. The molecule has 0 saturated heterocycles. The molecule has 0 saturated carbocycles. The highest BCUT2D eigenvalue weighted by Gasteiger charge is 2.18. The van der Waals surface area contributed by atoms with Crippen LogP contribution in [0.2, 0.25) is 0 Å². The van der Waals surface area contributed by atoms with Gasteiger partial charge in [0.1, 0.15) is 29.2 Å². The molecule has 2 aromatic carbocycles. The zero-order valence-corrected chi connectivity index (χ0v) is 11.7. The maximum absolute atomic E-state index is 12.1. The van der Waals surface area contributed by atoms with E-state index in [0.717, 1.165) is 0 Å². The Morgan fingerprint density at radius 1 is 1.00 bits per heavy atom. The first-order valence-corrected chi connectivity index (χ1v) is 6.50. The van der Waals surface area contributed by atoms with Crippen LogP contribution >= 0.6 is 0 Å². The Morgan fingerprint density at radius 2 is 1.64 bits per heavy atom. The standard InChI is InChI=1S/C17H14O5/c1-2-11-21-16(19)13-8-4-6-10-15(13)22-17(20)12-7-3-5-9-14(12)18/h2-10,18H,1,11H2. The maximum atomic E-state index is 12.1. The van der Waals surface area contributed by atoms with Crippen LogP contribution in [0.4, 0.5) is 0 Å². The lowest BCUT2D eigenvalue weighted by molar-refractivity contribution is 0.0543. The Morgan fingerprint density at radius 3 is 2.32 bits per heavy atom. The van der Waals surface area contributed by atoms with E-state index in [2.05, 4.69) is 6.58 Å². The summed E-state index contributed by atoms with van der Waals surface area (Å²) in [7, 11) is 0. The summed E-state index contributed by atoms with van der Waals surface area (Å²) in [5.74, 6) is -1.52. The van der Waals surface area contributed by atoms with Crippen LogP contribution in [0.1, 0.15) is 20.7 Å². The van der Waals surface area contributed by atoms with Crippen LogP contribution in [-0.4, -0.2) is 23.7 Å². The number of rotatable bonds is 5. The number of phenolic OH excluding ortho intramolecular Hbond substituents is 1. The molecule has 2 rings (SSSR count). The molecule has 0 atom stereocenters. The third-order valence-electron chi connectivity index (χ3n) is 2.77. The largest absolute Gasteiger partial charge is 0.507 e. The van der Waals surface area contributed by atoms with Gasteiger partial charge in [0.15, 0.2) is 0 Å². The Bertz CT molecular complexity index is 706. The first-order chi connectivity index (χ1) is 10.6. The number of phenols is 1. The van der Waals surface area contributed by atoms with Gasteiger partial charge in [-0.3, -0.25) is 0 Å². The summed E-state index contributed by atoms with van der Waals surface area (Å²) >= 11 is 0. The molecular weight excluding hydrogens is 284 g/mol. The van der Waals surface area contributed by atoms with Crippen molar-refractivity contribution in [3.8, 4) is 11.5 Å². The Balaban J connectivity index is 2.23. The minimum atomic E-state index is -0.762. The predicted molar refractivity (Wildman–Crippen MR) is 80.0 cm³/mol. The highest BCUT2D eigenvalue weighted by Crippen LogP contribution is 2.23. The normalized spacial score (nSPS) is 9.82. The lowest BCUT2D eigenvalue weighted by atomic mass is 10.2. The molecule has 0 unspecified atom stereocenters. The van der Waals surface area contributed by atoms with Crippen molar-refractivity contribution < 1.29 is 24.2 Å². The summed E-state index contributed by atoms with van der Waals surface area (Å²) in [5, 5.41) is 9.65. The minimum absolute atomic E-state index is 0.0109. The smallest absolute Gasteiger partial charge is 0.347 e. The van der Waals surface area contributed by atoms with Crippen LogP contribution in [0.25, 0.3) is 0 Å². The highest BCUT2D eigenvalue weighted by atomic mass is 16.5. The Labute approximate surface area is 127 Å². The molecule has 0 aromatic heterocycles. The first-order valence-electron chi connectivity index (χ1n) is 6.50. The fraction of sp³-hybridized carbons (Fsp3) is 0.0588. The summed E-state index contributed by atoms with van der Waals surface area (Å²) < 4.78 is 10.1. The van der Waals surface area contributed by atoms with Gasteiger partial charge in [-0.25, -0.2) is 9.59 Å². The van der Waals surface area contributed by atoms with Crippen molar-refractivity contribution in [2.75, 3.05) is 6.61 Å². The van der Waals surface area contributed by atoms with E-state index in [0.29, 0.717) is 0 Å². The van der Waals surface area contributed by atoms with Crippen molar-refractivity contribution in [2.24, 2.45) is 0 Å². The van der Waals surface area contributed by atoms with Crippen molar-refractivity contribution in [3.05, 3.63) is 72.3 Å². The fourth-order valence-corrected chi connectivity index (χ4v) is 1.74. The molecule has 0 aliphatic heterocycles. The summed E-state index contributed by atoms with van der Waals surface area (Å²) in [5.41, 5.74) is 0.130. The molecule has 0 spiro atoms. The van der Waals surface area contributed by atoms with E-state index < -0.39 is 11.9 Å². The summed E-state index contributed by atoms with van der Waals surface area (Å²) in [6.45, 7) is 3.51. The van der Waals surface area contributed by atoms with Gasteiger partial charge in [0.25, 0.3) is 0 Å². The molecular formula is C17H14O5. The molecule has 0 heterocycles. The molecule has 112 valence electrons. The zero-order chi connectivity index (χ0) is 15.9. The van der Waals surface area contributed by atoms with Crippen LogP contribution < -0.4 is 4.74 Å². The van der Waals surface area contributed by atoms with Crippen molar-refractivity contribution in [2.45, 2.75) is 0 Å². The van der Waals surface area contributed by atoms with Crippen LogP contribution in [-0.2, 0) is 4.74 Å². The van der Waals surface area contributed by atoms with Gasteiger partial charge < -0.3 is 14.6 Å². The van der Waals surface area contributed by atoms with Crippen LogP contribution in [0.15, 0.2) is 61.2 Å². The number of hydrogen-bond donors (Lipinski definition) is 1. The van der Waals surface area contributed by atoms with Gasteiger partial charge in [-0.05, 0) is 24.3 Å². The van der Waals surface area contributed by atoms with Crippen molar-refractivity contribution in [1.29, 1.82) is 0 Å². The van der Waals surface area contributed by atoms with Gasteiger partial charge in [0, 0.05) is 0 Å². The molecule has 0 radical (unpaired) electrons. The average molecular weight is 298 g/mol. The van der Waals surface area contributed by atoms with Gasteiger partial charge in [-0.2, -0.15) is 0 Å². The monoisotopic (exact) mass is 298 g/mol. The van der Waals surface area contributed by atoms with Gasteiger partial charge in [0.05, 0.1) is 0 Å². The minimum Gasteiger partial charge on any atom is -0.507 e. The van der Waals surface area contributed by atoms with E-state index in [4.69, 9.17) is 9.47 Å². The molecule has 5 nitrogen and oxygen atoms in total. The topological polar surface area (TPSA) is 72.8 Å². The van der Waals surface area contributed by atoms with Crippen LogP contribution in [0, 0.1) is 0 Å². The summed E-state index contributed by atoms with van der Waals surface area (Å²) in [6.07, 6.45) is 1.44. The Kier molecular flexibility index (Phi) is 4.93. The molecule has 0 fully saturated rings. The number of benzene rings is 2. The lowest BCUT2D eigenvalue weighted by Crippen LogP contribution is -2.13. The van der Waals surface area contributed by atoms with E-state index in [1.807, 2.05) is 0 Å². The van der Waals surface area contributed by atoms with Crippen LogP contribution in [0.5, 0.6) is 11.5 Å². The molecule has 0 bridgehead atoms. The highest BCUT2D eigenvalue weighted by molar-refractivity contribution is 5.97. The SMILES string of the molecule is C=CCOC(=O)c1ccccc1OC(=O)c1ccccc1O. The number of para-hydroxylation sites is 2. The molecule has 0 aliphatic carbocycles. The van der Waals surface area contributed by atoms with E-state index in [1.54, 1.807) is 24.3 Å². The van der Waals surface area contributed by atoms with Gasteiger partial charge in [0.2, 0.25) is 0 Å². The van der Waals surface area contributed by atoms with Gasteiger partial charge >= 0.3 is 11.9 Å². The second-order valence-corrected chi connectivity index (χ2v) is 4.29. The van der Waals surface area contributed by atoms with E-state index in [9.17, 15) is 14.7 Å². The molecule has 1 N–H and O–H groups in total. The quantitative estimate of drug-likeness (QED) is 0.522. The number of carbonyl (C=O) groups excluding carboxylic acids is 2. The first kappa shape index (κ1) is 15.3. The summed E-state index contributed by atoms with van der Waals surface area (Å²) in [4.78, 5) is 24.0. The Hall–Kier alpha value is -3.08. The number of esters is 2. The molecule has 0 amide bonds. The number of hydrogen-bond acceptors (Lipinski definition) is 5. The van der Waals surface area contributed by atoms with Crippen molar-refractivity contribution in [1.82, 2.24) is 0 Å². The van der Waals surface area contributed by atoms with Crippen LogP contribution in [0.3, 0.4) is 0 Å². The fourth-order valence-electron chi connectivity index (χ4n) is 1.74. The predicted octanol–water partition coefficient (Wildman–Crippen LogP) is 2.95. The second-order valence-electron chi connectivity index (χ2n) is 4.29. The number of ether oxygens (including phenoxy) is 2. The molecule has 2 aromatic rings. The zero-order valence-electron chi connectivity index (χ0n) is 11.7. The average Bonchev–Trinajstić information content (AvgIpc) is 2.53. The molecule has 0 aliphatic rings. The summed E-state index contributed by atoms with van der Waals surface area (Å²) in [6, 6.07) is 12.2. The third-order valence-corrected chi connectivity index (χ3v) is 2.77. The number of aromatic hydroxyl groups is 1. The van der Waals surface area contributed by atoms with E-state index >= 15 is 0 Å². The second kappa shape index (κ2) is 7.08. The van der Waals surface area contributed by atoms with E-state index in [-0.39, 0.29) is 29.2 Å². The maximum Gasteiger partial charge on any atom is 0.347 e. The van der Waals surface area contributed by atoms with Crippen molar-refractivity contribution in [3.63, 3.8) is 0 Å². The van der Waals surface area contributed by atoms with Crippen molar-refractivity contribution >= 4 is 11.9 Å². The van der Waals surface area contributed by atoms with Gasteiger partial charge in [-0.1, -0.05) is 36.9 Å². The lowest BCUT2D eigenvalue weighted by Gasteiger charge is -2.10.